The van der Waals surface area contributed by atoms with E-state index in [0.717, 1.165) is 19.6 Å². The van der Waals surface area contributed by atoms with Gasteiger partial charge in [-0.2, -0.15) is 0 Å². The zero-order valence-electron chi connectivity index (χ0n) is 10.7. The second kappa shape index (κ2) is 6.21. The van der Waals surface area contributed by atoms with Gasteiger partial charge < -0.3 is 11.1 Å². The Hall–Kier alpha value is -0.610. The van der Waals surface area contributed by atoms with Crippen molar-refractivity contribution >= 4 is 5.91 Å². The van der Waals surface area contributed by atoms with Gasteiger partial charge in [-0.25, -0.2) is 0 Å². The van der Waals surface area contributed by atoms with Crippen molar-refractivity contribution in [1.29, 1.82) is 0 Å². The Balaban J connectivity index is 2.42. The predicted molar refractivity (Wildman–Crippen MR) is 66.1 cm³/mol. The normalized spacial score (nSPS) is 21.1. The standard InChI is InChI=1S/C12H25N3O/c1-9(2)11(15-6-4-5-7-15)8-14-12(16)10(3)13/h9-11H,4-8,13H2,1-3H3,(H,14,16)/t10-,11?/m1/s1. The maximum absolute atomic E-state index is 11.4. The molecule has 0 aromatic carbocycles. The number of nitrogens with two attached hydrogens (primary N) is 1. The first-order valence-corrected chi connectivity index (χ1v) is 6.29. The number of nitrogens with one attached hydrogen (secondary N) is 1. The summed E-state index contributed by atoms with van der Waals surface area (Å²) < 4.78 is 0. The van der Waals surface area contributed by atoms with Crippen molar-refractivity contribution in [3.63, 3.8) is 0 Å². The lowest BCUT2D eigenvalue weighted by Crippen LogP contribution is -2.48. The Kier molecular flexibility index (Phi) is 5.22. The molecule has 16 heavy (non-hydrogen) atoms. The first-order chi connectivity index (χ1) is 7.52. The fraction of sp³-hybridized carbons (Fsp3) is 0.917. The molecule has 1 rings (SSSR count). The molecule has 0 radical (unpaired) electrons. The molecule has 0 bridgehead atoms. The van der Waals surface area contributed by atoms with E-state index < -0.39 is 6.04 Å². The van der Waals surface area contributed by atoms with Crippen LogP contribution in [0, 0.1) is 5.92 Å². The van der Waals surface area contributed by atoms with Crippen molar-refractivity contribution in [1.82, 2.24) is 10.2 Å². The van der Waals surface area contributed by atoms with Crippen LogP contribution in [0.2, 0.25) is 0 Å². The van der Waals surface area contributed by atoms with Gasteiger partial charge in [0.1, 0.15) is 0 Å². The highest BCUT2D eigenvalue weighted by atomic mass is 16.2. The van der Waals surface area contributed by atoms with Crippen LogP contribution in [0.25, 0.3) is 0 Å². The summed E-state index contributed by atoms with van der Waals surface area (Å²) in [5.41, 5.74) is 5.53. The molecule has 1 amide bonds. The average Bonchev–Trinajstić information content (AvgIpc) is 2.70. The summed E-state index contributed by atoms with van der Waals surface area (Å²) >= 11 is 0. The van der Waals surface area contributed by atoms with E-state index >= 15 is 0 Å². The minimum atomic E-state index is -0.411. The minimum absolute atomic E-state index is 0.0511. The Bertz CT molecular complexity index is 222. The van der Waals surface area contributed by atoms with Crippen molar-refractivity contribution in [2.45, 2.75) is 45.7 Å². The Morgan fingerprint density at radius 1 is 1.31 bits per heavy atom. The van der Waals surface area contributed by atoms with Gasteiger partial charge in [-0.05, 0) is 38.8 Å². The summed E-state index contributed by atoms with van der Waals surface area (Å²) in [5.74, 6) is 0.510. The molecule has 1 fully saturated rings. The number of amides is 1. The van der Waals surface area contributed by atoms with E-state index in [9.17, 15) is 4.79 Å². The number of hydrogen-bond donors (Lipinski definition) is 2. The van der Waals surface area contributed by atoms with Crippen molar-refractivity contribution in [2.24, 2.45) is 11.7 Å². The first-order valence-electron chi connectivity index (χ1n) is 6.29. The maximum Gasteiger partial charge on any atom is 0.236 e. The number of rotatable bonds is 5. The SMILES string of the molecule is CC(C)C(CNC(=O)[C@@H](C)N)N1CCCC1. The molecule has 1 aliphatic rings. The van der Waals surface area contributed by atoms with E-state index in [1.807, 2.05) is 0 Å². The third-order valence-corrected chi connectivity index (χ3v) is 3.28. The smallest absolute Gasteiger partial charge is 0.236 e. The molecule has 1 aliphatic heterocycles. The lowest BCUT2D eigenvalue weighted by molar-refractivity contribution is -0.122. The van der Waals surface area contributed by atoms with E-state index in [2.05, 4.69) is 24.1 Å². The topological polar surface area (TPSA) is 58.4 Å². The molecule has 0 aromatic heterocycles. The molecule has 1 saturated heterocycles. The molecule has 1 unspecified atom stereocenters. The Morgan fingerprint density at radius 3 is 2.31 bits per heavy atom. The van der Waals surface area contributed by atoms with Crippen LogP contribution in [-0.2, 0) is 4.79 Å². The lowest BCUT2D eigenvalue weighted by atomic mass is 10.0. The van der Waals surface area contributed by atoms with Gasteiger partial charge in [0.25, 0.3) is 0 Å². The van der Waals surface area contributed by atoms with Gasteiger partial charge in [-0.3, -0.25) is 9.69 Å². The summed E-state index contributed by atoms with van der Waals surface area (Å²) in [6, 6.07) is 0.0385. The van der Waals surface area contributed by atoms with E-state index in [0.29, 0.717) is 12.0 Å². The number of nitrogens with zero attached hydrogens (tertiary/aromatic N) is 1. The maximum atomic E-state index is 11.4. The molecule has 2 atom stereocenters. The Morgan fingerprint density at radius 2 is 1.88 bits per heavy atom. The summed E-state index contributed by atoms with van der Waals surface area (Å²) in [6.45, 7) is 9.18. The van der Waals surface area contributed by atoms with Crippen molar-refractivity contribution < 1.29 is 4.79 Å². The molecule has 1 heterocycles. The van der Waals surface area contributed by atoms with Gasteiger partial charge in [0.15, 0.2) is 0 Å². The summed E-state index contributed by atoms with van der Waals surface area (Å²) in [5, 5.41) is 2.93. The van der Waals surface area contributed by atoms with Gasteiger partial charge in [0.05, 0.1) is 6.04 Å². The van der Waals surface area contributed by atoms with Crippen molar-refractivity contribution in [2.75, 3.05) is 19.6 Å². The van der Waals surface area contributed by atoms with Crippen molar-refractivity contribution in [3.05, 3.63) is 0 Å². The third-order valence-electron chi connectivity index (χ3n) is 3.28. The van der Waals surface area contributed by atoms with Gasteiger partial charge in [0.2, 0.25) is 5.91 Å². The number of hydrogen-bond acceptors (Lipinski definition) is 3. The molecule has 4 heteroatoms. The summed E-state index contributed by atoms with van der Waals surface area (Å²) in [4.78, 5) is 13.9. The van der Waals surface area contributed by atoms with E-state index in [4.69, 9.17) is 5.73 Å². The molecule has 4 nitrogen and oxygen atoms in total. The first kappa shape index (κ1) is 13.5. The van der Waals surface area contributed by atoms with Crippen LogP contribution in [0.5, 0.6) is 0 Å². The van der Waals surface area contributed by atoms with Crippen LogP contribution in [0.3, 0.4) is 0 Å². The average molecular weight is 227 g/mol. The molecule has 0 aliphatic carbocycles. The quantitative estimate of drug-likeness (QED) is 0.722. The van der Waals surface area contributed by atoms with Crippen LogP contribution in [0.4, 0.5) is 0 Å². The second-order valence-corrected chi connectivity index (χ2v) is 5.09. The fourth-order valence-corrected chi connectivity index (χ4v) is 2.23. The van der Waals surface area contributed by atoms with E-state index in [1.54, 1.807) is 6.92 Å². The molecule has 3 N–H and O–H groups in total. The molecular formula is C12H25N3O. The highest BCUT2D eigenvalue weighted by Crippen LogP contribution is 2.16. The fourth-order valence-electron chi connectivity index (χ4n) is 2.23. The van der Waals surface area contributed by atoms with Crippen LogP contribution in [0.15, 0.2) is 0 Å². The predicted octanol–water partition coefficient (Wildman–Crippen LogP) is 0.570. The minimum Gasteiger partial charge on any atom is -0.353 e. The lowest BCUT2D eigenvalue weighted by Gasteiger charge is -2.31. The monoisotopic (exact) mass is 227 g/mol. The molecular weight excluding hydrogens is 202 g/mol. The van der Waals surface area contributed by atoms with Gasteiger partial charge >= 0.3 is 0 Å². The molecule has 0 spiro atoms. The largest absolute Gasteiger partial charge is 0.353 e. The van der Waals surface area contributed by atoms with Crippen LogP contribution >= 0.6 is 0 Å². The van der Waals surface area contributed by atoms with E-state index in [-0.39, 0.29) is 5.91 Å². The highest BCUT2D eigenvalue weighted by molar-refractivity contribution is 5.80. The highest BCUT2D eigenvalue weighted by Gasteiger charge is 2.25. The zero-order valence-corrected chi connectivity index (χ0v) is 10.7. The number of carbonyl (C=O) groups is 1. The van der Waals surface area contributed by atoms with Gasteiger partial charge in [0, 0.05) is 12.6 Å². The van der Waals surface area contributed by atoms with Crippen molar-refractivity contribution in [3.8, 4) is 0 Å². The molecule has 94 valence electrons. The Labute approximate surface area is 98.6 Å². The molecule has 0 aromatic rings. The zero-order chi connectivity index (χ0) is 12.1. The van der Waals surface area contributed by atoms with Crippen LogP contribution < -0.4 is 11.1 Å². The second-order valence-electron chi connectivity index (χ2n) is 5.09. The molecule has 0 saturated carbocycles. The van der Waals surface area contributed by atoms with Gasteiger partial charge in [-0.15, -0.1) is 0 Å². The van der Waals surface area contributed by atoms with E-state index in [1.165, 1.54) is 12.8 Å². The summed E-state index contributed by atoms with van der Waals surface area (Å²) in [7, 11) is 0. The van der Waals surface area contributed by atoms with Gasteiger partial charge in [-0.1, -0.05) is 13.8 Å². The number of carbonyl (C=O) groups excluding carboxylic acids is 1. The van der Waals surface area contributed by atoms with Crippen LogP contribution in [0.1, 0.15) is 33.6 Å². The number of likely N-dealkylation sites (tertiary alicyclic amines) is 1. The van der Waals surface area contributed by atoms with Crippen LogP contribution in [-0.4, -0.2) is 42.5 Å². The third kappa shape index (κ3) is 3.76. The summed E-state index contributed by atoms with van der Waals surface area (Å²) in [6.07, 6.45) is 2.56.